The second-order valence-electron chi connectivity index (χ2n) is 9.45. The fraction of sp³-hybridized carbons (Fsp3) is 0.520. The molecule has 4 heterocycles. The van der Waals surface area contributed by atoms with Gasteiger partial charge in [-0.15, -0.1) is 0 Å². The summed E-state index contributed by atoms with van der Waals surface area (Å²) < 4.78 is 6.54. The van der Waals surface area contributed by atoms with Gasteiger partial charge >= 0.3 is 0 Å². The molecular weight excluding hydrogens is 374 g/mol. The minimum absolute atomic E-state index is 0.0560. The summed E-state index contributed by atoms with van der Waals surface area (Å²) in [5.41, 5.74) is 4.56. The van der Waals surface area contributed by atoms with Gasteiger partial charge in [0.1, 0.15) is 5.82 Å². The zero-order chi connectivity index (χ0) is 20.9. The maximum atomic E-state index is 12.6. The number of nitrogens with zero attached hydrogens (tertiary/aromatic N) is 2. The van der Waals surface area contributed by atoms with Gasteiger partial charge in [0.2, 0.25) is 5.91 Å². The standard InChI is InChI=1S/C25H31N3O2/c1-16-7-8-19(11-17(16)2)12-24(29)26-13-20-21-14-28(23-6-4-5-18(3)27-23)15-25(21)10-9-22(20)30-25/h4-8,11,20-22H,9-10,12-15H2,1-3H3,(H,26,29)/t20-,21+,22+,25+/m0/s1. The largest absolute Gasteiger partial charge is 0.369 e. The zero-order valence-corrected chi connectivity index (χ0v) is 18.1. The molecule has 5 nitrogen and oxygen atoms in total. The third-order valence-corrected chi connectivity index (χ3v) is 7.45. The van der Waals surface area contributed by atoms with E-state index in [1.165, 1.54) is 11.1 Å². The van der Waals surface area contributed by atoms with Crippen LogP contribution in [-0.2, 0) is 16.0 Å². The van der Waals surface area contributed by atoms with Crippen molar-refractivity contribution in [1.29, 1.82) is 0 Å². The van der Waals surface area contributed by atoms with Gasteiger partial charge in [-0.25, -0.2) is 4.98 Å². The molecule has 4 atom stereocenters. The first-order valence-electron chi connectivity index (χ1n) is 11.1. The summed E-state index contributed by atoms with van der Waals surface area (Å²) in [4.78, 5) is 19.7. The van der Waals surface area contributed by atoms with Gasteiger partial charge in [0, 0.05) is 37.2 Å². The van der Waals surface area contributed by atoms with Crippen LogP contribution >= 0.6 is 0 Å². The van der Waals surface area contributed by atoms with E-state index in [-0.39, 0.29) is 17.6 Å². The summed E-state index contributed by atoms with van der Waals surface area (Å²) in [5.74, 6) is 1.99. The number of fused-ring (bicyclic) bond motifs is 1. The summed E-state index contributed by atoms with van der Waals surface area (Å²) >= 11 is 0. The summed E-state index contributed by atoms with van der Waals surface area (Å²) in [6.07, 6.45) is 2.94. The van der Waals surface area contributed by atoms with Crippen molar-refractivity contribution in [3.63, 3.8) is 0 Å². The number of carbonyl (C=O) groups excluding carboxylic acids is 1. The molecule has 0 aliphatic carbocycles. The molecule has 1 aromatic carbocycles. The summed E-state index contributed by atoms with van der Waals surface area (Å²) in [6, 6.07) is 12.5. The SMILES string of the molecule is Cc1cccc(N2C[C@@H]3[C@H](CNC(=O)Cc4ccc(C)c(C)c4)[C@H]4CC[C@]3(C2)O4)n1. The van der Waals surface area contributed by atoms with E-state index < -0.39 is 0 Å². The van der Waals surface area contributed by atoms with Crippen molar-refractivity contribution in [3.05, 3.63) is 58.8 Å². The van der Waals surface area contributed by atoms with Crippen LogP contribution < -0.4 is 10.2 Å². The average Bonchev–Trinajstić information content (AvgIpc) is 3.38. The van der Waals surface area contributed by atoms with Gasteiger partial charge in [0.25, 0.3) is 0 Å². The number of pyridine rings is 1. The third-order valence-electron chi connectivity index (χ3n) is 7.45. The number of anilines is 1. The lowest BCUT2D eigenvalue weighted by molar-refractivity contribution is -0.120. The molecule has 3 fully saturated rings. The van der Waals surface area contributed by atoms with E-state index in [1.54, 1.807) is 0 Å². The number of aromatic nitrogens is 1. The number of rotatable bonds is 5. The lowest BCUT2D eigenvalue weighted by Crippen LogP contribution is -2.42. The van der Waals surface area contributed by atoms with Crippen LogP contribution in [0.4, 0.5) is 5.82 Å². The van der Waals surface area contributed by atoms with Gasteiger partial charge in [0.05, 0.1) is 18.1 Å². The Labute approximate surface area is 178 Å². The molecule has 3 saturated heterocycles. The number of hydrogen-bond acceptors (Lipinski definition) is 4. The van der Waals surface area contributed by atoms with Gasteiger partial charge in [-0.3, -0.25) is 4.79 Å². The molecule has 0 saturated carbocycles. The second kappa shape index (κ2) is 7.38. The molecule has 0 radical (unpaired) electrons. The highest BCUT2D eigenvalue weighted by Gasteiger charge is 2.63. The Morgan fingerprint density at radius 2 is 2.10 bits per heavy atom. The van der Waals surface area contributed by atoms with Crippen LogP contribution in [0.5, 0.6) is 0 Å². The topological polar surface area (TPSA) is 54.5 Å². The average molecular weight is 406 g/mol. The first-order chi connectivity index (χ1) is 14.4. The summed E-state index contributed by atoms with van der Waals surface area (Å²) in [6.45, 7) is 8.81. The molecule has 1 spiro atoms. The Bertz CT molecular complexity index is 975. The van der Waals surface area contributed by atoms with Crippen molar-refractivity contribution in [2.75, 3.05) is 24.5 Å². The quantitative estimate of drug-likeness (QED) is 0.829. The van der Waals surface area contributed by atoms with Crippen LogP contribution in [0.1, 0.15) is 35.2 Å². The molecule has 1 N–H and O–H groups in total. The highest BCUT2D eigenvalue weighted by Crippen LogP contribution is 2.55. The van der Waals surface area contributed by atoms with Crippen molar-refractivity contribution in [3.8, 4) is 0 Å². The van der Waals surface area contributed by atoms with Crippen LogP contribution in [0.15, 0.2) is 36.4 Å². The zero-order valence-electron chi connectivity index (χ0n) is 18.1. The number of benzene rings is 1. The van der Waals surface area contributed by atoms with Gasteiger partial charge in [0.15, 0.2) is 0 Å². The molecule has 158 valence electrons. The van der Waals surface area contributed by atoms with Crippen molar-refractivity contribution in [2.24, 2.45) is 11.8 Å². The first-order valence-corrected chi connectivity index (χ1v) is 11.1. The van der Waals surface area contributed by atoms with Gasteiger partial charge in [-0.2, -0.15) is 0 Å². The number of amides is 1. The highest BCUT2D eigenvalue weighted by molar-refractivity contribution is 5.78. The molecule has 0 unspecified atom stereocenters. The van der Waals surface area contributed by atoms with Crippen LogP contribution in [0.25, 0.3) is 0 Å². The molecule has 3 aliphatic heterocycles. The van der Waals surface area contributed by atoms with E-state index in [0.29, 0.717) is 24.8 Å². The predicted molar refractivity (Wildman–Crippen MR) is 118 cm³/mol. The normalized spacial score (nSPS) is 29.3. The van der Waals surface area contributed by atoms with E-state index in [1.807, 2.05) is 13.0 Å². The molecule has 5 heteroatoms. The molecule has 5 rings (SSSR count). The first kappa shape index (κ1) is 19.6. The predicted octanol–water partition coefficient (Wildman–Crippen LogP) is 3.35. The van der Waals surface area contributed by atoms with Crippen molar-refractivity contribution in [1.82, 2.24) is 10.3 Å². The molecular formula is C25H31N3O2. The monoisotopic (exact) mass is 405 g/mol. The number of ether oxygens (including phenoxy) is 1. The van der Waals surface area contributed by atoms with Crippen molar-refractivity contribution >= 4 is 11.7 Å². The van der Waals surface area contributed by atoms with E-state index in [2.05, 4.69) is 54.4 Å². The minimum atomic E-state index is -0.0560. The minimum Gasteiger partial charge on any atom is -0.369 e. The second-order valence-corrected chi connectivity index (χ2v) is 9.45. The fourth-order valence-corrected chi connectivity index (χ4v) is 5.74. The van der Waals surface area contributed by atoms with Crippen LogP contribution in [0.2, 0.25) is 0 Å². The molecule has 2 aromatic rings. The Morgan fingerprint density at radius 1 is 1.23 bits per heavy atom. The van der Waals surface area contributed by atoms with Gasteiger partial charge in [-0.05, 0) is 62.4 Å². The number of aryl methyl sites for hydroxylation is 3. The third kappa shape index (κ3) is 3.39. The van der Waals surface area contributed by atoms with Crippen LogP contribution in [0.3, 0.4) is 0 Å². The molecule has 3 aliphatic rings. The number of carbonyl (C=O) groups is 1. The number of hydrogen-bond donors (Lipinski definition) is 1. The molecule has 2 bridgehead atoms. The van der Waals surface area contributed by atoms with Gasteiger partial charge in [-0.1, -0.05) is 24.3 Å². The van der Waals surface area contributed by atoms with E-state index in [4.69, 9.17) is 9.72 Å². The maximum Gasteiger partial charge on any atom is 0.224 e. The Hall–Kier alpha value is -2.40. The lowest BCUT2D eigenvalue weighted by atomic mass is 9.73. The van der Waals surface area contributed by atoms with Crippen LogP contribution in [0, 0.1) is 32.6 Å². The fourth-order valence-electron chi connectivity index (χ4n) is 5.74. The Balaban J connectivity index is 1.23. The molecule has 30 heavy (non-hydrogen) atoms. The number of nitrogens with one attached hydrogen (secondary N) is 1. The highest BCUT2D eigenvalue weighted by atomic mass is 16.5. The smallest absolute Gasteiger partial charge is 0.224 e. The molecule has 1 aromatic heterocycles. The lowest BCUT2D eigenvalue weighted by Gasteiger charge is -2.29. The van der Waals surface area contributed by atoms with Crippen LogP contribution in [-0.4, -0.2) is 42.2 Å². The maximum absolute atomic E-state index is 12.6. The molecule has 1 amide bonds. The van der Waals surface area contributed by atoms with E-state index in [9.17, 15) is 4.79 Å². The van der Waals surface area contributed by atoms with Gasteiger partial charge < -0.3 is 15.0 Å². The van der Waals surface area contributed by atoms with E-state index in [0.717, 1.165) is 43.0 Å². The van der Waals surface area contributed by atoms with Crippen molar-refractivity contribution in [2.45, 2.75) is 51.7 Å². The van der Waals surface area contributed by atoms with Crippen molar-refractivity contribution < 1.29 is 9.53 Å². The summed E-state index contributed by atoms with van der Waals surface area (Å²) in [7, 11) is 0. The Kier molecular flexibility index (Phi) is 4.81. The Morgan fingerprint density at radius 3 is 2.90 bits per heavy atom. The van der Waals surface area contributed by atoms with E-state index >= 15 is 0 Å². The summed E-state index contributed by atoms with van der Waals surface area (Å²) in [5, 5.41) is 3.21.